The summed E-state index contributed by atoms with van der Waals surface area (Å²) >= 11 is 0. The fourth-order valence-electron chi connectivity index (χ4n) is 7.47. The number of hydrogen-bond acceptors (Lipinski definition) is 10. The Labute approximate surface area is 403 Å². The molecule has 0 spiro atoms. The minimum atomic E-state index is -1.23. The van der Waals surface area contributed by atoms with Gasteiger partial charge in [0.25, 0.3) is 0 Å². The molecule has 0 radical (unpaired) electrons. The number of ether oxygens (including phenoxy) is 2. The Morgan fingerprint density at radius 1 is 0.652 bits per heavy atom. The van der Waals surface area contributed by atoms with E-state index in [4.69, 9.17) is 9.47 Å². The first-order valence-electron chi connectivity index (χ1n) is 23.6. The molecule has 0 aliphatic carbocycles. The third-order valence-electron chi connectivity index (χ3n) is 11.0. The maximum absolute atomic E-state index is 14.3. The molecule has 0 unspecified atom stereocenters. The van der Waals surface area contributed by atoms with Crippen LogP contribution in [-0.4, -0.2) is 106 Å². The number of carbonyl (C=O) groups excluding carboxylic acids is 6. The summed E-state index contributed by atoms with van der Waals surface area (Å²) < 4.78 is 11.2. The van der Waals surface area contributed by atoms with E-state index in [0.717, 1.165) is 10.9 Å². The number of aliphatic carboxylic acids is 1. The lowest BCUT2D eigenvalue weighted by Gasteiger charge is -2.26. The average molecular weight is 956 g/mol. The number of fused-ring (bicyclic) bond motifs is 1. The van der Waals surface area contributed by atoms with Crippen LogP contribution >= 0.6 is 0 Å². The zero-order valence-corrected chi connectivity index (χ0v) is 40.2. The molecule has 0 aliphatic rings. The van der Waals surface area contributed by atoms with Gasteiger partial charge in [0.15, 0.2) is 0 Å². The molecule has 5 atom stereocenters. The number of benzene rings is 3. The van der Waals surface area contributed by atoms with Crippen molar-refractivity contribution in [2.45, 2.75) is 141 Å². The smallest absolute Gasteiger partial charge is 0.408 e. The van der Waals surface area contributed by atoms with E-state index in [1.54, 1.807) is 39.1 Å². The van der Waals surface area contributed by atoms with E-state index in [1.807, 2.05) is 68.4 Å². The van der Waals surface area contributed by atoms with Crippen LogP contribution < -0.4 is 36.6 Å². The van der Waals surface area contributed by atoms with E-state index in [2.05, 4.69) is 36.9 Å². The van der Waals surface area contributed by atoms with Crippen LogP contribution in [0.15, 0.2) is 85.1 Å². The van der Waals surface area contributed by atoms with Crippen molar-refractivity contribution in [1.29, 1.82) is 0 Å². The highest BCUT2D eigenvalue weighted by Gasteiger charge is 2.31. The van der Waals surface area contributed by atoms with E-state index in [-0.39, 0.29) is 37.9 Å². The molecular formula is C51H69N7O11. The van der Waals surface area contributed by atoms with E-state index < -0.39 is 84.0 Å². The number of amides is 6. The fraction of sp³-hybridized carbons (Fsp3) is 0.471. The van der Waals surface area contributed by atoms with Gasteiger partial charge in [-0.2, -0.15) is 0 Å². The molecule has 0 fully saturated rings. The average Bonchev–Trinajstić information content (AvgIpc) is 3.71. The molecule has 0 bridgehead atoms. The second kappa shape index (κ2) is 27.6. The number of alkyl carbamates (subject to hydrolysis) is 1. The molecule has 3 aromatic carbocycles. The molecule has 9 N–H and O–H groups in total. The number of carboxylic acid groups (broad SMARTS) is 1. The highest BCUT2D eigenvalue weighted by molar-refractivity contribution is 5.96. The molecule has 18 heteroatoms. The molecular weight excluding hydrogens is 887 g/mol. The number of phenols is 1. The molecule has 1 aromatic heterocycles. The van der Waals surface area contributed by atoms with Crippen molar-refractivity contribution in [2.24, 2.45) is 0 Å². The van der Waals surface area contributed by atoms with Gasteiger partial charge >= 0.3 is 12.1 Å². The minimum Gasteiger partial charge on any atom is -0.508 e. The lowest BCUT2D eigenvalue weighted by atomic mass is 10.0. The van der Waals surface area contributed by atoms with E-state index in [1.165, 1.54) is 12.1 Å². The number of phenolic OH excluding ortho intramolecular Hbond substituents is 1. The van der Waals surface area contributed by atoms with Crippen LogP contribution in [0.3, 0.4) is 0 Å². The number of aromatic nitrogens is 1. The molecule has 69 heavy (non-hydrogen) atoms. The molecule has 0 saturated heterocycles. The zero-order chi connectivity index (χ0) is 50.3. The summed E-state index contributed by atoms with van der Waals surface area (Å²) in [5, 5.41) is 36.5. The second-order valence-corrected chi connectivity index (χ2v) is 18.0. The van der Waals surface area contributed by atoms with Crippen LogP contribution in [0.4, 0.5) is 4.79 Å². The van der Waals surface area contributed by atoms with Gasteiger partial charge < -0.3 is 56.6 Å². The van der Waals surface area contributed by atoms with E-state index in [9.17, 15) is 43.8 Å². The van der Waals surface area contributed by atoms with Gasteiger partial charge in [0.05, 0.1) is 19.6 Å². The standard InChI is InChI=1S/C51H69N7O11/c1-6-8-20-40(56-48(65)42(58-50(67)69-51(3,4)5)28-33-23-25-36(59)26-24-33)46(63)53-32-44(60)55-43(29-34-31-52-39-22-14-13-19-38(34)39)49(66)57-41(21-9-7-2)47(64)54-35(30-45(61)62)16-15-27-68-37-17-11-10-12-18-37/h10-14,17-19,22-26,31,35,40-43,52,59H,6-9,15-16,20-21,27-30,32H2,1-5H3,(H,53,63)(H,54,64)(H,55,60)(H,56,65)(H,57,66)(H,58,67)(H,61,62)/t35-,40-,41-,42-,43-/m0/s1. The number of H-pyrrole nitrogens is 1. The first-order chi connectivity index (χ1) is 32.9. The van der Waals surface area contributed by atoms with Crippen LogP contribution in [0.1, 0.15) is 104 Å². The molecule has 6 amide bonds. The second-order valence-electron chi connectivity index (χ2n) is 18.0. The Bertz CT molecular complexity index is 2300. The normalized spacial score (nSPS) is 13.4. The van der Waals surface area contributed by atoms with Gasteiger partial charge in [0.1, 0.15) is 41.3 Å². The lowest BCUT2D eigenvalue weighted by Crippen LogP contribution is -2.57. The summed E-state index contributed by atoms with van der Waals surface area (Å²) in [6, 6.07) is 17.3. The fourth-order valence-corrected chi connectivity index (χ4v) is 7.47. The number of carbonyl (C=O) groups is 7. The van der Waals surface area contributed by atoms with E-state index >= 15 is 0 Å². The van der Waals surface area contributed by atoms with Crippen LogP contribution in [-0.2, 0) is 46.3 Å². The minimum absolute atomic E-state index is 0.00293. The van der Waals surface area contributed by atoms with Crippen LogP contribution in [0, 0.1) is 0 Å². The number of rotatable bonds is 28. The summed E-state index contributed by atoms with van der Waals surface area (Å²) in [5.74, 6) is -3.74. The first-order valence-corrected chi connectivity index (χ1v) is 23.6. The number of nitrogens with one attached hydrogen (secondary N) is 7. The van der Waals surface area contributed by atoms with Crippen molar-refractivity contribution in [1.82, 2.24) is 36.9 Å². The van der Waals surface area contributed by atoms with Crippen molar-refractivity contribution in [2.75, 3.05) is 13.2 Å². The quantitative estimate of drug-likeness (QED) is 0.0329. The third kappa shape index (κ3) is 19.6. The summed E-state index contributed by atoms with van der Waals surface area (Å²) in [5.41, 5.74) is 1.26. The first kappa shape index (κ1) is 54.5. The zero-order valence-electron chi connectivity index (χ0n) is 40.2. The highest BCUT2D eigenvalue weighted by Crippen LogP contribution is 2.20. The maximum Gasteiger partial charge on any atom is 0.408 e. The van der Waals surface area contributed by atoms with Gasteiger partial charge in [-0.15, -0.1) is 0 Å². The molecule has 4 rings (SSSR count). The summed E-state index contributed by atoms with van der Waals surface area (Å²) in [4.78, 5) is 97.2. The predicted molar refractivity (Wildman–Crippen MR) is 260 cm³/mol. The van der Waals surface area contributed by atoms with Crippen molar-refractivity contribution < 1.29 is 53.2 Å². The van der Waals surface area contributed by atoms with Gasteiger partial charge in [-0.05, 0) is 87.9 Å². The number of hydrogen-bond donors (Lipinski definition) is 9. The summed E-state index contributed by atoms with van der Waals surface area (Å²) in [7, 11) is 0. The Hall–Kier alpha value is -7.11. The van der Waals surface area contributed by atoms with Crippen LogP contribution in [0.5, 0.6) is 11.5 Å². The predicted octanol–water partition coefficient (Wildman–Crippen LogP) is 5.32. The molecule has 1 heterocycles. The Morgan fingerprint density at radius 3 is 1.87 bits per heavy atom. The van der Waals surface area contributed by atoms with Gasteiger partial charge in [0.2, 0.25) is 29.5 Å². The number of unbranched alkanes of at least 4 members (excludes halogenated alkanes) is 2. The lowest BCUT2D eigenvalue weighted by molar-refractivity contribution is -0.138. The van der Waals surface area contributed by atoms with Crippen LogP contribution in [0.25, 0.3) is 10.9 Å². The van der Waals surface area contributed by atoms with Crippen molar-refractivity contribution in [3.63, 3.8) is 0 Å². The molecule has 18 nitrogen and oxygen atoms in total. The van der Waals surface area contributed by atoms with E-state index in [0.29, 0.717) is 62.0 Å². The number of para-hydroxylation sites is 2. The molecule has 0 aliphatic heterocycles. The maximum atomic E-state index is 14.3. The Kier molecular flexibility index (Phi) is 21.8. The number of aromatic hydroxyl groups is 1. The van der Waals surface area contributed by atoms with Gasteiger partial charge in [0, 0.05) is 36.0 Å². The number of aromatic amines is 1. The summed E-state index contributed by atoms with van der Waals surface area (Å²) in [6.07, 6.45) is 4.21. The van der Waals surface area contributed by atoms with Crippen molar-refractivity contribution in [3.05, 3.63) is 96.2 Å². The number of carboxylic acids is 1. The highest BCUT2D eigenvalue weighted by atomic mass is 16.6. The Morgan fingerprint density at radius 2 is 1.25 bits per heavy atom. The van der Waals surface area contributed by atoms with Gasteiger partial charge in [-0.1, -0.05) is 88.1 Å². The van der Waals surface area contributed by atoms with Crippen molar-refractivity contribution in [3.8, 4) is 11.5 Å². The SMILES string of the molecule is CCCC[C@H](NC(=O)[C@H](Cc1ccc(O)cc1)NC(=O)OC(C)(C)C)C(=O)NCC(=O)N[C@@H](Cc1c[nH]c2ccccc12)C(=O)N[C@@H](CCCC)C(=O)N[C@@H](CCCOc1ccccc1)CC(=O)O. The largest absolute Gasteiger partial charge is 0.508 e. The topological polar surface area (TPSA) is 266 Å². The molecule has 374 valence electrons. The van der Waals surface area contributed by atoms with Gasteiger partial charge in [-0.3, -0.25) is 28.8 Å². The monoisotopic (exact) mass is 956 g/mol. The van der Waals surface area contributed by atoms with Crippen molar-refractivity contribution >= 4 is 52.5 Å². The third-order valence-corrected chi connectivity index (χ3v) is 11.0. The summed E-state index contributed by atoms with van der Waals surface area (Å²) in [6.45, 7) is 8.60. The molecule has 0 saturated carbocycles. The Balaban J connectivity index is 1.48. The van der Waals surface area contributed by atoms with Crippen LogP contribution in [0.2, 0.25) is 0 Å². The van der Waals surface area contributed by atoms with Gasteiger partial charge in [-0.25, -0.2) is 4.79 Å². The molecule has 4 aromatic rings.